The topological polar surface area (TPSA) is 141 Å². The number of carbonyl (C=O) groups excluding carboxylic acids is 5. The van der Waals surface area contributed by atoms with Crippen LogP contribution in [0.25, 0.3) is 0 Å². The third kappa shape index (κ3) is 30.4. The lowest BCUT2D eigenvalue weighted by molar-refractivity contribution is -0.162. The third-order valence-electron chi connectivity index (χ3n) is 7.89. The molecule has 0 fully saturated rings. The van der Waals surface area contributed by atoms with Crippen LogP contribution in [0, 0.1) is 0 Å². The molecule has 0 aliphatic rings. The Morgan fingerprint density at radius 1 is 0.464 bits per heavy atom. The first-order chi connectivity index (χ1) is 25.6. The highest BCUT2D eigenvalue weighted by atomic mass is 16.6. The zero-order valence-electron chi connectivity index (χ0n) is 38.1. The number of nitrogens with zero attached hydrogens (tertiary/aromatic N) is 3. The van der Waals surface area contributed by atoms with E-state index >= 15 is 0 Å². The second-order valence-electron chi connectivity index (χ2n) is 19.1. The molecule has 0 saturated carbocycles. The van der Waals surface area contributed by atoms with Gasteiger partial charge in [0.2, 0.25) is 0 Å². The smallest absolute Gasteiger partial charge is 0.323 e. The summed E-state index contributed by atoms with van der Waals surface area (Å²) in [5.41, 5.74) is -2.91. The highest BCUT2D eigenvalue weighted by Crippen LogP contribution is 2.18. The number of hydrogen-bond donors (Lipinski definition) is 0. The molecule has 0 bridgehead atoms. The summed E-state index contributed by atoms with van der Waals surface area (Å²) in [5, 5.41) is 0. The van der Waals surface area contributed by atoms with Crippen LogP contribution < -0.4 is 0 Å². The maximum atomic E-state index is 13.9. The van der Waals surface area contributed by atoms with Crippen molar-refractivity contribution in [1.82, 2.24) is 14.7 Å². The normalized spacial score (nSPS) is 13.3. The first-order valence-electron chi connectivity index (χ1n) is 20.9. The molecule has 1 atom stereocenters. The lowest BCUT2D eigenvalue weighted by Gasteiger charge is -2.35. The molecule has 0 rings (SSSR count). The number of ether oxygens (including phenoxy) is 5. The van der Waals surface area contributed by atoms with Gasteiger partial charge in [-0.2, -0.15) is 0 Å². The molecule has 13 heteroatoms. The summed E-state index contributed by atoms with van der Waals surface area (Å²) >= 11 is 0. The lowest BCUT2D eigenvalue weighted by Crippen LogP contribution is -2.51. The van der Waals surface area contributed by atoms with Crippen molar-refractivity contribution in [1.29, 1.82) is 0 Å². The number of rotatable bonds is 26. The van der Waals surface area contributed by atoms with E-state index in [0.29, 0.717) is 6.42 Å². The largest absolute Gasteiger partial charge is 0.462 e. The van der Waals surface area contributed by atoms with Crippen LogP contribution in [-0.4, -0.2) is 131 Å². The molecule has 0 radical (unpaired) electrons. The average Bonchev–Trinajstić information content (AvgIpc) is 2.96. The Labute approximate surface area is 340 Å². The van der Waals surface area contributed by atoms with Gasteiger partial charge in [-0.25, -0.2) is 0 Å². The Hall–Kier alpha value is -2.77. The van der Waals surface area contributed by atoms with Crippen molar-refractivity contribution < 1.29 is 47.7 Å². The summed E-state index contributed by atoms with van der Waals surface area (Å²) in [6.45, 7) is 27.4. The Morgan fingerprint density at radius 2 is 0.768 bits per heavy atom. The van der Waals surface area contributed by atoms with Crippen LogP contribution in [0.4, 0.5) is 0 Å². The third-order valence-corrected chi connectivity index (χ3v) is 7.89. The van der Waals surface area contributed by atoms with Gasteiger partial charge in [-0.3, -0.25) is 38.7 Å². The maximum Gasteiger partial charge on any atom is 0.323 e. The molecule has 0 amide bonds. The molecular formula is C43H81N3O10. The van der Waals surface area contributed by atoms with Gasteiger partial charge in [0.05, 0.1) is 32.3 Å². The van der Waals surface area contributed by atoms with E-state index in [4.69, 9.17) is 23.7 Å². The highest BCUT2D eigenvalue weighted by Gasteiger charge is 2.31. The van der Waals surface area contributed by atoms with E-state index in [1.165, 1.54) is 25.7 Å². The van der Waals surface area contributed by atoms with Crippen LogP contribution in [-0.2, 0) is 47.7 Å². The van der Waals surface area contributed by atoms with Crippen molar-refractivity contribution in [2.75, 3.05) is 52.4 Å². The van der Waals surface area contributed by atoms with Gasteiger partial charge < -0.3 is 23.7 Å². The van der Waals surface area contributed by atoms with Gasteiger partial charge in [-0.1, -0.05) is 58.3 Å². The summed E-state index contributed by atoms with van der Waals surface area (Å²) in [6, 6.07) is -0.660. The van der Waals surface area contributed by atoms with Gasteiger partial charge in [0.15, 0.2) is 0 Å². The predicted octanol–water partition coefficient (Wildman–Crippen LogP) is 7.11. The van der Waals surface area contributed by atoms with Crippen LogP contribution in [0.5, 0.6) is 0 Å². The van der Waals surface area contributed by atoms with Crippen LogP contribution in [0.1, 0.15) is 162 Å². The fraction of sp³-hybridized carbons (Fsp3) is 0.884. The molecule has 0 aliphatic carbocycles. The van der Waals surface area contributed by atoms with E-state index in [1.807, 2.05) is 18.7 Å². The Morgan fingerprint density at radius 3 is 1.05 bits per heavy atom. The molecule has 0 aromatic carbocycles. The summed E-state index contributed by atoms with van der Waals surface area (Å²) in [6.07, 6.45) is 8.96. The fourth-order valence-electron chi connectivity index (χ4n) is 5.85. The summed E-state index contributed by atoms with van der Waals surface area (Å²) in [5.74, 6) is -2.36. The van der Waals surface area contributed by atoms with E-state index in [0.717, 1.165) is 25.7 Å². The number of carbonyl (C=O) groups is 5. The quantitative estimate of drug-likeness (QED) is 0.0499. The molecule has 0 spiro atoms. The zero-order valence-corrected chi connectivity index (χ0v) is 38.1. The minimum absolute atomic E-state index is 0.174. The molecule has 13 nitrogen and oxygen atoms in total. The van der Waals surface area contributed by atoms with Gasteiger partial charge in [-0.15, -0.1) is 0 Å². The van der Waals surface area contributed by atoms with Gasteiger partial charge in [0.1, 0.15) is 28.4 Å². The first kappa shape index (κ1) is 53.2. The fourth-order valence-corrected chi connectivity index (χ4v) is 5.85. The highest BCUT2D eigenvalue weighted by molar-refractivity contribution is 5.77. The number of esters is 5. The molecule has 0 N–H and O–H groups in total. The second kappa shape index (κ2) is 25.6. The number of unbranched alkanes of at least 4 members (excludes halogenated alkanes) is 7. The van der Waals surface area contributed by atoms with Crippen LogP contribution in [0.15, 0.2) is 0 Å². The molecule has 0 heterocycles. The molecular weight excluding hydrogens is 718 g/mol. The molecule has 1 unspecified atom stereocenters. The van der Waals surface area contributed by atoms with Gasteiger partial charge in [-0.05, 0) is 103 Å². The zero-order chi connectivity index (χ0) is 43.3. The van der Waals surface area contributed by atoms with E-state index in [2.05, 4.69) is 6.92 Å². The summed E-state index contributed by atoms with van der Waals surface area (Å²) in [7, 11) is 0. The van der Waals surface area contributed by atoms with Crippen molar-refractivity contribution in [3.8, 4) is 0 Å². The molecule has 328 valence electrons. The first-order valence-corrected chi connectivity index (χ1v) is 20.9. The Balaban J connectivity index is 6.66. The lowest BCUT2D eigenvalue weighted by atomic mass is 10.0. The van der Waals surface area contributed by atoms with Gasteiger partial charge >= 0.3 is 29.8 Å². The van der Waals surface area contributed by atoms with Crippen molar-refractivity contribution in [3.05, 3.63) is 0 Å². The Kier molecular flexibility index (Phi) is 24.3. The molecule has 0 aromatic heterocycles. The van der Waals surface area contributed by atoms with Crippen molar-refractivity contribution in [2.45, 2.75) is 196 Å². The molecule has 56 heavy (non-hydrogen) atoms. The molecule has 0 saturated heterocycles. The van der Waals surface area contributed by atoms with Crippen molar-refractivity contribution in [2.24, 2.45) is 0 Å². The Bertz CT molecular complexity index is 1050. The van der Waals surface area contributed by atoms with E-state index in [-0.39, 0.29) is 64.4 Å². The minimum Gasteiger partial charge on any atom is -0.462 e. The monoisotopic (exact) mass is 800 g/mol. The van der Waals surface area contributed by atoms with E-state index in [1.54, 1.807) is 92.9 Å². The average molecular weight is 800 g/mol. The van der Waals surface area contributed by atoms with Gasteiger partial charge in [0.25, 0.3) is 0 Å². The summed E-state index contributed by atoms with van der Waals surface area (Å²) in [4.78, 5) is 71.4. The summed E-state index contributed by atoms with van der Waals surface area (Å²) < 4.78 is 28.2. The van der Waals surface area contributed by atoms with E-state index < -0.39 is 52.3 Å². The predicted molar refractivity (Wildman–Crippen MR) is 220 cm³/mol. The SMILES string of the molecule is CCCCCCCCCCC(C(=O)OC(C)C)N(CCN(CC(=O)OC(C)(C)C)CC(=O)OC(C)(C)C)CCN(CC(=O)OC(C)(C)C)CC(=O)OC(C)(C)C. The number of hydrogen-bond acceptors (Lipinski definition) is 13. The van der Waals surface area contributed by atoms with Crippen LogP contribution in [0.3, 0.4) is 0 Å². The van der Waals surface area contributed by atoms with Crippen LogP contribution >= 0.6 is 0 Å². The molecule has 0 aromatic rings. The molecule has 0 aliphatic heterocycles. The van der Waals surface area contributed by atoms with E-state index in [9.17, 15) is 24.0 Å². The minimum atomic E-state index is -0.728. The van der Waals surface area contributed by atoms with Crippen LogP contribution in [0.2, 0.25) is 0 Å². The standard InChI is InChI=1S/C43H81N3O10/c1-16-17-18-19-20-21-22-23-24-34(39(51)52-33(2)3)46(27-25-44(29-35(47)53-40(4,5)6)30-36(48)54-41(7,8)9)28-26-45(31-37(49)55-42(10,11)12)32-38(50)56-43(13,14)15/h33-34H,16-32H2,1-15H3. The second-order valence-corrected chi connectivity index (χ2v) is 19.1. The van der Waals surface area contributed by atoms with Gasteiger partial charge in [0, 0.05) is 26.2 Å². The van der Waals surface area contributed by atoms with Crippen molar-refractivity contribution >= 4 is 29.8 Å². The maximum absolute atomic E-state index is 13.9. The van der Waals surface area contributed by atoms with Crippen molar-refractivity contribution in [3.63, 3.8) is 0 Å².